The SMILES string of the molecule is Cc1ccc2c(c1)cc1n2C(=O)c2cc(Cl)ccc2N2C(=O)CCCC12C. The molecule has 5 heteroatoms. The van der Waals surface area contributed by atoms with E-state index in [1.807, 2.05) is 24.0 Å². The number of amides is 1. The van der Waals surface area contributed by atoms with Crippen molar-refractivity contribution in [3.8, 4) is 0 Å². The molecule has 136 valence electrons. The third-order valence-electron chi connectivity index (χ3n) is 5.94. The number of benzene rings is 2. The average molecular weight is 379 g/mol. The Morgan fingerprint density at radius 2 is 1.89 bits per heavy atom. The van der Waals surface area contributed by atoms with E-state index in [9.17, 15) is 9.59 Å². The Morgan fingerprint density at radius 3 is 2.70 bits per heavy atom. The Kier molecular flexibility index (Phi) is 3.35. The fourth-order valence-electron chi connectivity index (χ4n) is 4.67. The Labute approximate surface area is 162 Å². The lowest BCUT2D eigenvalue weighted by molar-refractivity contribution is -0.121. The molecule has 1 saturated heterocycles. The second-order valence-electron chi connectivity index (χ2n) is 7.75. The first kappa shape index (κ1) is 16.6. The van der Waals surface area contributed by atoms with Crippen LogP contribution >= 0.6 is 11.6 Å². The monoisotopic (exact) mass is 378 g/mol. The van der Waals surface area contributed by atoms with Gasteiger partial charge in [-0.05, 0) is 63.1 Å². The lowest BCUT2D eigenvalue weighted by Crippen LogP contribution is -2.51. The smallest absolute Gasteiger partial charge is 0.264 e. The predicted octanol–water partition coefficient (Wildman–Crippen LogP) is 5.04. The normalized spacial score (nSPS) is 21.7. The fourth-order valence-corrected chi connectivity index (χ4v) is 4.84. The van der Waals surface area contributed by atoms with Crippen LogP contribution < -0.4 is 4.90 Å². The van der Waals surface area contributed by atoms with Gasteiger partial charge in [0.1, 0.15) is 0 Å². The van der Waals surface area contributed by atoms with Gasteiger partial charge in [-0.2, -0.15) is 0 Å². The maximum absolute atomic E-state index is 13.6. The topological polar surface area (TPSA) is 42.3 Å². The van der Waals surface area contributed by atoms with Gasteiger partial charge in [-0.25, -0.2) is 0 Å². The largest absolute Gasteiger partial charge is 0.300 e. The predicted molar refractivity (Wildman–Crippen MR) is 107 cm³/mol. The van der Waals surface area contributed by atoms with E-state index in [4.69, 9.17) is 11.6 Å². The molecule has 1 unspecified atom stereocenters. The Morgan fingerprint density at radius 1 is 1.07 bits per heavy atom. The summed E-state index contributed by atoms with van der Waals surface area (Å²) >= 11 is 6.22. The molecule has 0 radical (unpaired) electrons. The molecule has 0 bridgehead atoms. The molecule has 4 nitrogen and oxygen atoms in total. The van der Waals surface area contributed by atoms with Crippen LogP contribution in [0.3, 0.4) is 0 Å². The van der Waals surface area contributed by atoms with Crippen LogP contribution in [0.5, 0.6) is 0 Å². The molecule has 0 spiro atoms. The van der Waals surface area contributed by atoms with E-state index in [0.717, 1.165) is 35.0 Å². The molecule has 1 atom stereocenters. The molecular formula is C22H19ClN2O2. The molecule has 2 aromatic carbocycles. The molecule has 3 heterocycles. The molecule has 0 aliphatic carbocycles. The standard InChI is InChI=1S/C22H19ClN2O2/c1-13-5-7-17-14(10-13)11-19-22(2)9-3-4-20(26)25(22)18-8-6-15(23)12-16(18)21(27)24(17)19/h5-8,10-12H,3-4,9H2,1-2H3. The minimum absolute atomic E-state index is 0.0509. The van der Waals surface area contributed by atoms with Gasteiger partial charge in [0.05, 0.1) is 28.0 Å². The van der Waals surface area contributed by atoms with Crippen LogP contribution in [0.15, 0.2) is 42.5 Å². The second-order valence-corrected chi connectivity index (χ2v) is 8.19. The number of halogens is 1. The molecule has 1 fully saturated rings. The molecule has 1 amide bonds. The highest BCUT2D eigenvalue weighted by molar-refractivity contribution is 6.31. The van der Waals surface area contributed by atoms with E-state index in [2.05, 4.69) is 19.1 Å². The Balaban J connectivity index is 1.93. The van der Waals surface area contributed by atoms with E-state index in [1.54, 1.807) is 22.8 Å². The molecule has 27 heavy (non-hydrogen) atoms. The van der Waals surface area contributed by atoms with Gasteiger partial charge in [0.2, 0.25) is 5.91 Å². The van der Waals surface area contributed by atoms with Crippen molar-refractivity contribution in [3.05, 3.63) is 64.3 Å². The first-order valence-electron chi connectivity index (χ1n) is 9.20. The van der Waals surface area contributed by atoms with E-state index in [-0.39, 0.29) is 11.8 Å². The lowest BCUT2D eigenvalue weighted by Gasteiger charge is -2.44. The van der Waals surface area contributed by atoms with E-state index in [1.165, 1.54) is 0 Å². The maximum atomic E-state index is 13.6. The van der Waals surface area contributed by atoms with Crippen molar-refractivity contribution >= 4 is 40.0 Å². The summed E-state index contributed by atoms with van der Waals surface area (Å²) in [7, 11) is 0. The summed E-state index contributed by atoms with van der Waals surface area (Å²) in [5.41, 5.74) is 3.43. The van der Waals surface area contributed by atoms with Crippen molar-refractivity contribution in [1.29, 1.82) is 0 Å². The molecular weight excluding hydrogens is 360 g/mol. The Hall–Kier alpha value is -2.59. The van der Waals surface area contributed by atoms with Crippen LogP contribution in [0.1, 0.15) is 47.8 Å². The van der Waals surface area contributed by atoms with Gasteiger partial charge in [-0.15, -0.1) is 0 Å². The second kappa shape index (κ2) is 5.46. The van der Waals surface area contributed by atoms with Crippen LogP contribution in [0, 0.1) is 6.92 Å². The van der Waals surface area contributed by atoms with Crippen molar-refractivity contribution < 1.29 is 9.59 Å². The third kappa shape index (κ3) is 2.16. The highest BCUT2D eigenvalue weighted by atomic mass is 35.5. The van der Waals surface area contributed by atoms with Gasteiger partial charge in [0.15, 0.2) is 0 Å². The highest BCUT2D eigenvalue weighted by Crippen LogP contribution is 2.47. The summed E-state index contributed by atoms with van der Waals surface area (Å²) in [4.78, 5) is 28.4. The molecule has 2 aliphatic rings. The number of piperidine rings is 1. The first-order chi connectivity index (χ1) is 12.9. The van der Waals surface area contributed by atoms with Gasteiger partial charge < -0.3 is 4.90 Å². The summed E-state index contributed by atoms with van der Waals surface area (Å²) in [6.07, 6.45) is 2.11. The number of hydrogen-bond acceptors (Lipinski definition) is 2. The number of carbonyl (C=O) groups is 2. The van der Waals surface area contributed by atoms with Crippen LogP contribution in [-0.4, -0.2) is 16.4 Å². The molecule has 1 aromatic heterocycles. The van der Waals surface area contributed by atoms with Crippen molar-refractivity contribution in [2.24, 2.45) is 0 Å². The van der Waals surface area contributed by atoms with Gasteiger partial charge in [-0.1, -0.05) is 23.2 Å². The molecule has 5 rings (SSSR count). The number of aryl methyl sites for hydroxylation is 1. The third-order valence-corrected chi connectivity index (χ3v) is 6.17. The van der Waals surface area contributed by atoms with Crippen LogP contribution in [0.2, 0.25) is 5.02 Å². The molecule has 0 saturated carbocycles. The molecule has 3 aromatic rings. The van der Waals surface area contributed by atoms with Gasteiger partial charge in [0.25, 0.3) is 5.91 Å². The number of carbonyl (C=O) groups excluding carboxylic acids is 2. The zero-order valence-corrected chi connectivity index (χ0v) is 16.0. The number of hydrogen-bond donors (Lipinski definition) is 0. The molecule has 2 aliphatic heterocycles. The van der Waals surface area contributed by atoms with E-state index in [0.29, 0.717) is 22.7 Å². The lowest BCUT2D eigenvalue weighted by atomic mass is 9.84. The summed E-state index contributed by atoms with van der Waals surface area (Å²) < 4.78 is 1.78. The Bertz CT molecular complexity index is 1150. The maximum Gasteiger partial charge on any atom is 0.264 e. The van der Waals surface area contributed by atoms with Gasteiger partial charge >= 0.3 is 0 Å². The number of fused-ring (bicyclic) bond motifs is 7. The summed E-state index contributed by atoms with van der Waals surface area (Å²) in [5, 5.41) is 1.51. The van der Waals surface area contributed by atoms with Crippen molar-refractivity contribution in [2.75, 3.05) is 4.90 Å². The zero-order chi connectivity index (χ0) is 18.9. The molecule has 0 N–H and O–H groups in total. The van der Waals surface area contributed by atoms with Crippen molar-refractivity contribution in [3.63, 3.8) is 0 Å². The van der Waals surface area contributed by atoms with Crippen LogP contribution in [-0.2, 0) is 10.3 Å². The number of nitrogens with zero attached hydrogens (tertiary/aromatic N) is 2. The highest BCUT2D eigenvalue weighted by Gasteiger charge is 2.47. The zero-order valence-electron chi connectivity index (χ0n) is 15.3. The van der Waals surface area contributed by atoms with E-state index < -0.39 is 5.54 Å². The van der Waals surface area contributed by atoms with E-state index >= 15 is 0 Å². The van der Waals surface area contributed by atoms with Crippen molar-refractivity contribution in [1.82, 2.24) is 4.57 Å². The van der Waals surface area contributed by atoms with Gasteiger partial charge in [0, 0.05) is 16.8 Å². The van der Waals surface area contributed by atoms with Crippen LogP contribution in [0.4, 0.5) is 5.69 Å². The van der Waals surface area contributed by atoms with Gasteiger partial charge in [-0.3, -0.25) is 14.2 Å². The van der Waals surface area contributed by atoms with Crippen molar-refractivity contribution in [2.45, 2.75) is 38.6 Å². The minimum atomic E-state index is -0.572. The summed E-state index contributed by atoms with van der Waals surface area (Å²) in [6, 6.07) is 13.4. The summed E-state index contributed by atoms with van der Waals surface area (Å²) in [5.74, 6) is -0.0835. The number of aromatic nitrogens is 1. The van der Waals surface area contributed by atoms with Crippen LogP contribution in [0.25, 0.3) is 10.9 Å². The minimum Gasteiger partial charge on any atom is -0.300 e. The average Bonchev–Trinajstić information content (AvgIpc) is 2.98. The number of anilines is 1. The quantitative estimate of drug-likeness (QED) is 0.550. The first-order valence-corrected chi connectivity index (χ1v) is 9.58. The number of rotatable bonds is 0. The summed E-state index contributed by atoms with van der Waals surface area (Å²) in [6.45, 7) is 4.11. The fraction of sp³-hybridized carbons (Fsp3) is 0.273.